The number of aliphatic carboxylic acids is 1. The average molecular weight is 226 g/mol. The van der Waals surface area contributed by atoms with Gasteiger partial charge in [0, 0.05) is 0 Å². The summed E-state index contributed by atoms with van der Waals surface area (Å²) in [5, 5.41) is 16.9. The molecule has 0 fully saturated rings. The molecule has 0 radical (unpaired) electrons. The molecule has 1 atom stereocenters. The molecule has 0 amide bonds. The Morgan fingerprint density at radius 2 is 2.20 bits per heavy atom. The third kappa shape index (κ3) is 3.51. The van der Waals surface area contributed by atoms with Crippen molar-refractivity contribution >= 4 is 17.7 Å². The second-order valence-corrected chi connectivity index (χ2v) is 4.85. The van der Waals surface area contributed by atoms with Crippen LogP contribution >= 0.6 is 11.8 Å². The first kappa shape index (κ1) is 12.0. The maximum Gasteiger partial charge on any atom is 0.317 e. The van der Waals surface area contributed by atoms with Crippen molar-refractivity contribution in [3.63, 3.8) is 0 Å². The lowest BCUT2D eigenvalue weighted by Gasteiger charge is -2.14. The van der Waals surface area contributed by atoms with Crippen LogP contribution in [0.3, 0.4) is 0 Å². The number of nitrogens with zero attached hydrogens (tertiary/aromatic N) is 2. The van der Waals surface area contributed by atoms with Crippen molar-refractivity contribution in [2.45, 2.75) is 31.0 Å². The predicted octanol–water partition coefficient (Wildman–Crippen LogP) is 1.99. The summed E-state index contributed by atoms with van der Waals surface area (Å²) < 4.78 is 0. The van der Waals surface area contributed by atoms with E-state index in [1.807, 2.05) is 26.8 Å². The number of carboxylic acids is 1. The molecule has 0 spiro atoms. The Balaban J connectivity index is 2.79. The zero-order chi connectivity index (χ0) is 11.4. The van der Waals surface area contributed by atoms with Gasteiger partial charge in [0.05, 0.1) is 6.20 Å². The Morgan fingerprint density at radius 1 is 1.53 bits per heavy atom. The van der Waals surface area contributed by atoms with Crippen LogP contribution in [-0.4, -0.2) is 26.5 Å². The molecular weight excluding hydrogens is 212 g/mol. The van der Waals surface area contributed by atoms with E-state index in [2.05, 4.69) is 10.2 Å². The summed E-state index contributed by atoms with van der Waals surface area (Å²) in [5.41, 5.74) is 0.986. The SMILES string of the molecule is Cc1cnnc(SC(C(=O)O)C(C)C)c1. The van der Waals surface area contributed by atoms with E-state index in [4.69, 9.17) is 5.11 Å². The fraction of sp³-hybridized carbons (Fsp3) is 0.500. The smallest absolute Gasteiger partial charge is 0.317 e. The van der Waals surface area contributed by atoms with Crippen LogP contribution in [0.15, 0.2) is 17.3 Å². The van der Waals surface area contributed by atoms with Gasteiger partial charge in [-0.3, -0.25) is 4.79 Å². The van der Waals surface area contributed by atoms with E-state index < -0.39 is 11.2 Å². The summed E-state index contributed by atoms with van der Waals surface area (Å²) in [5.74, 6) is -0.742. The van der Waals surface area contributed by atoms with Gasteiger partial charge in [-0.1, -0.05) is 25.6 Å². The molecule has 1 aromatic rings. The van der Waals surface area contributed by atoms with Crippen molar-refractivity contribution < 1.29 is 9.90 Å². The van der Waals surface area contributed by atoms with Crippen LogP contribution in [0.25, 0.3) is 0 Å². The van der Waals surface area contributed by atoms with Gasteiger partial charge in [-0.2, -0.15) is 5.10 Å². The van der Waals surface area contributed by atoms with Crippen molar-refractivity contribution in [3.05, 3.63) is 17.8 Å². The molecule has 0 aliphatic heterocycles. The van der Waals surface area contributed by atoms with Crippen LogP contribution in [0.4, 0.5) is 0 Å². The second-order valence-electron chi connectivity index (χ2n) is 3.69. The standard InChI is InChI=1S/C10H14N2O2S/c1-6(2)9(10(13)14)15-8-4-7(3)5-11-12-8/h4-6,9H,1-3H3,(H,13,14). The predicted molar refractivity (Wildman–Crippen MR) is 58.9 cm³/mol. The molecule has 0 saturated heterocycles. The maximum absolute atomic E-state index is 11.0. The third-order valence-electron chi connectivity index (χ3n) is 1.87. The zero-order valence-electron chi connectivity index (χ0n) is 8.97. The van der Waals surface area contributed by atoms with Crippen molar-refractivity contribution in [2.24, 2.45) is 5.92 Å². The first-order chi connectivity index (χ1) is 7.00. The average Bonchev–Trinajstić information content (AvgIpc) is 2.13. The first-order valence-electron chi connectivity index (χ1n) is 4.69. The van der Waals surface area contributed by atoms with Crippen LogP contribution in [0.1, 0.15) is 19.4 Å². The van der Waals surface area contributed by atoms with E-state index in [1.54, 1.807) is 6.20 Å². The zero-order valence-corrected chi connectivity index (χ0v) is 9.78. The number of carbonyl (C=O) groups is 1. The van der Waals surface area contributed by atoms with E-state index >= 15 is 0 Å². The van der Waals surface area contributed by atoms with Gasteiger partial charge >= 0.3 is 5.97 Å². The van der Waals surface area contributed by atoms with Gasteiger partial charge in [-0.05, 0) is 24.5 Å². The largest absolute Gasteiger partial charge is 0.480 e. The summed E-state index contributed by atoms with van der Waals surface area (Å²) in [4.78, 5) is 11.0. The van der Waals surface area contributed by atoms with E-state index in [0.29, 0.717) is 5.03 Å². The molecule has 0 aliphatic carbocycles. The Hall–Kier alpha value is -1.10. The van der Waals surface area contributed by atoms with Gasteiger partial charge in [0.1, 0.15) is 10.3 Å². The minimum atomic E-state index is -0.807. The maximum atomic E-state index is 11.0. The minimum Gasteiger partial charge on any atom is -0.480 e. The molecule has 5 heteroatoms. The van der Waals surface area contributed by atoms with E-state index in [-0.39, 0.29) is 5.92 Å². The highest BCUT2D eigenvalue weighted by molar-refractivity contribution is 8.00. The number of hydrogen-bond donors (Lipinski definition) is 1. The first-order valence-corrected chi connectivity index (χ1v) is 5.57. The number of hydrogen-bond acceptors (Lipinski definition) is 4. The minimum absolute atomic E-state index is 0.0646. The van der Waals surface area contributed by atoms with E-state index in [1.165, 1.54) is 11.8 Å². The van der Waals surface area contributed by atoms with Crippen molar-refractivity contribution in [2.75, 3.05) is 0 Å². The summed E-state index contributed by atoms with van der Waals surface area (Å²) in [6, 6.07) is 1.84. The molecule has 1 aromatic heterocycles. The van der Waals surface area contributed by atoms with Crippen molar-refractivity contribution in [1.29, 1.82) is 0 Å². The molecule has 4 nitrogen and oxygen atoms in total. The molecular formula is C10H14N2O2S. The lowest BCUT2D eigenvalue weighted by Crippen LogP contribution is -2.22. The molecule has 15 heavy (non-hydrogen) atoms. The summed E-state index contributed by atoms with van der Waals surface area (Å²) in [7, 11) is 0. The van der Waals surface area contributed by atoms with Crippen molar-refractivity contribution in [3.8, 4) is 0 Å². The third-order valence-corrected chi connectivity index (χ3v) is 3.31. The molecule has 0 aliphatic rings. The summed E-state index contributed by atoms with van der Waals surface area (Å²) in [6.07, 6.45) is 1.65. The van der Waals surface area contributed by atoms with Crippen LogP contribution in [0.5, 0.6) is 0 Å². The van der Waals surface area contributed by atoms with Gasteiger partial charge < -0.3 is 5.11 Å². The summed E-state index contributed by atoms with van der Waals surface area (Å²) in [6.45, 7) is 5.67. The van der Waals surface area contributed by atoms with E-state index in [9.17, 15) is 4.79 Å². The Morgan fingerprint density at radius 3 is 2.67 bits per heavy atom. The quantitative estimate of drug-likeness (QED) is 0.795. The topological polar surface area (TPSA) is 63.1 Å². The van der Waals surface area contributed by atoms with E-state index in [0.717, 1.165) is 5.56 Å². The van der Waals surface area contributed by atoms with Crippen LogP contribution in [0, 0.1) is 12.8 Å². The number of thioether (sulfide) groups is 1. The van der Waals surface area contributed by atoms with Crippen LogP contribution in [-0.2, 0) is 4.79 Å². The number of aromatic nitrogens is 2. The van der Waals surface area contributed by atoms with Gasteiger partial charge in [0.15, 0.2) is 0 Å². The fourth-order valence-corrected chi connectivity index (χ4v) is 2.08. The molecule has 1 rings (SSSR count). The van der Waals surface area contributed by atoms with Crippen molar-refractivity contribution in [1.82, 2.24) is 10.2 Å². The normalized spacial score (nSPS) is 12.8. The second kappa shape index (κ2) is 5.11. The lowest BCUT2D eigenvalue weighted by atomic mass is 10.1. The highest BCUT2D eigenvalue weighted by atomic mass is 32.2. The number of carboxylic acid groups (broad SMARTS) is 1. The Bertz CT molecular complexity index is 355. The number of rotatable bonds is 4. The van der Waals surface area contributed by atoms with Crippen LogP contribution in [0.2, 0.25) is 0 Å². The van der Waals surface area contributed by atoms with Gasteiger partial charge in [-0.15, -0.1) is 5.10 Å². The van der Waals surface area contributed by atoms with Crippen LogP contribution < -0.4 is 0 Å². The summed E-state index contributed by atoms with van der Waals surface area (Å²) >= 11 is 1.25. The monoisotopic (exact) mass is 226 g/mol. The Labute approximate surface area is 93.1 Å². The fourth-order valence-electron chi connectivity index (χ4n) is 1.10. The molecule has 0 bridgehead atoms. The lowest BCUT2D eigenvalue weighted by molar-refractivity contribution is -0.137. The molecule has 0 saturated carbocycles. The van der Waals surface area contributed by atoms with Gasteiger partial charge in [0.25, 0.3) is 0 Å². The Kier molecular flexibility index (Phi) is 4.08. The highest BCUT2D eigenvalue weighted by Gasteiger charge is 2.23. The molecule has 0 aromatic carbocycles. The highest BCUT2D eigenvalue weighted by Crippen LogP contribution is 2.26. The molecule has 1 N–H and O–H groups in total. The molecule has 1 heterocycles. The van der Waals surface area contributed by atoms with Gasteiger partial charge in [0.2, 0.25) is 0 Å². The molecule has 1 unspecified atom stereocenters. The molecule has 82 valence electrons. The van der Waals surface area contributed by atoms with Gasteiger partial charge in [-0.25, -0.2) is 0 Å². The number of aryl methyl sites for hydroxylation is 1.